The summed E-state index contributed by atoms with van der Waals surface area (Å²) in [6, 6.07) is 11.0. The highest BCUT2D eigenvalue weighted by Gasteiger charge is 2.17. The van der Waals surface area contributed by atoms with E-state index in [-0.39, 0.29) is 11.7 Å². The number of rotatable bonds is 5. The van der Waals surface area contributed by atoms with E-state index in [4.69, 9.17) is 9.47 Å². The number of ether oxygens (including phenoxy) is 2. The van der Waals surface area contributed by atoms with Crippen LogP contribution in [0.4, 0.5) is 0 Å². The molecule has 1 aliphatic heterocycles. The molecule has 3 aromatic rings. The number of carbonyl (C=O) groups is 2. The number of hydrogen-bond acceptors (Lipinski definition) is 7. The monoisotopic (exact) mass is 453 g/mol. The molecule has 2 aromatic carbocycles. The SMILES string of the molecule is Cc1ccc(C)c(-n2c(C)nnc2SCC(=O)NNC(=O)c2ccc3c(c2)OCCO3)c1. The molecule has 9 nitrogen and oxygen atoms in total. The number of hydrogen-bond donors (Lipinski definition) is 2. The first-order chi connectivity index (χ1) is 15.4. The van der Waals surface area contributed by atoms with E-state index in [9.17, 15) is 9.59 Å². The third kappa shape index (κ3) is 4.70. The van der Waals surface area contributed by atoms with Crippen LogP contribution in [0.1, 0.15) is 27.3 Å². The Balaban J connectivity index is 1.36. The summed E-state index contributed by atoms with van der Waals surface area (Å²) in [4.78, 5) is 24.7. The van der Waals surface area contributed by atoms with Crippen molar-refractivity contribution in [2.24, 2.45) is 0 Å². The van der Waals surface area contributed by atoms with Gasteiger partial charge in [0.1, 0.15) is 19.0 Å². The molecule has 0 radical (unpaired) electrons. The van der Waals surface area contributed by atoms with Crippen LogP contribution in [0.3, 0.4) is 0 Å². The molecule has 0 saturated carbocycles. The average molecular weight is 454 g/mol. The van der Waals surface area contributed by atoms with Crippen molar-refractivity contribution in [3.05, 3.63) is 58.9 Å². The summed E-state index contributed by atoms with van der Waals surface area (Å²) in [6.07, 6.45) is 0. The zero-order valence-corrected chi connectivity index (χ0v) is 18.8. The zero-order chi connectivity index (χ0) is 22.7. The molecule has 1 aliphatic rings. The molecule has 2 heterocycles. The second kappa shape index (κ2) is 9.31. The fourth-order valence-corrected chi connectivity index (χ4v) is 4.01. The van der Waals surface area contributed by atoms with Gasteiger partial charge >= 0.3 is 0 Å². The Morgan fingerprint density at radius 1 is 1.00 bits per heavy atom. The Kier molecular flexibility index (Phi) is 6.31. The van der Waals surface area contributed by atoms with Gasteiger partial charge in [0.25, 0.3) is 5.91 Å². The van der Waals surface area contributed by atoms with Crippen molar-refractivity contribution in [3.8, 4) is 17.2 Å². The number of carbonyl (C=O) groups excluding carboxylic acids is 2. The number of aromatic nitrogens is 3. The van der Waals surface area contributed by atoms with Crippen LogP contribution in [0.2, 0.25) is 0 Å². The second-order valence-corrected chi connectivity index (χ2v) is 8.25. The summed E-state index contributed by atoms with van der Waals surface area (Å²) < 4.78 is 12.9. The van der Waals surface area contributed by atoms with Gasteiger partial charge in [-0.05, 0) is 56.2 Å². The van der Waals surface area contributed by atoms with E-state index in [2.05, 4.69) is 27.1 Å². The van der Waals surface area contributed by atoms with Crippen LogP contribution < -0.4 is 20.3 Å². The summed E-state index contributed by atoms with van der Waals surface area (Å²) in [5.41, 5.74) is 8.38. The van der Waals surface area contributed by atoms with Gasteiger partial charge in [-0.25, -0.2) is 0 Å². The molecule has 166 valence electrons. The molecular weight excluding hydrogens is 430 g/mol. The third-order valence-corrected chi connectivity index (χ3v) is 5.78. The van der Waals surface area contributed by atoms with Crippen molar-refractivity contribution < 1.29 is 19.1 Å². The lowest BCUT2D eigenvalue weighted by Gasteiger charge is -2.18. The van der Waals surface area contributed by atoms with Crippen molar-refractivity contribution >= 4 is 23.6 Å². The highest BCUT2D eigenvalue weighted by Crippen LogP contribution is 2.30. The van der Waals surface area contributed by atoms with Crippen LogP contribution >= 0.6 is 11.8 Å². The Labute approximate surface area is 189 Å². The first-order valence-electron chi connectivity index (χ1n) is 10.0. The zero-order valence-electron chi connectivity index (χ0n) is 18.0. The van der Waals surface area contributed by atoms with Crippen molar-refractivity contribution in [2.45, 2.75) is 25.9 Å². The van der Waals surface area contributed by atoms with Gasteiger partial charge in [0.05, 0.1) is 11.4 Å². The summed E-state index contributed by atoms with van der Waals surface area (Å²) in [6.45, 7) is 6.81. The van der Waals surface area contributed by atoms with E-state index < -0.39 is 5.91 Å². The highest BCUT2D eigenvalue weighted by molar-refractivity contribution is 7.99. The smallest absolute Gasteiger partial charge is 0.269 e. The summed E-state index contributed by atoms with van der Waals surface area (Å²) >= 11 is 1.24. The van der Waals surface area contributed by atoms with Crippen LogP contribution in [-0.2, 0) is 4.79 Å². The molecule has 0 aliphatic carbocycles. The topological polar surface area (TPSA) is 107 Å². The van der Waals surface area contributed by atoms with Crippen LogP contribution in [0, 0.1) is 20.8 Å². The lowest BCUT2D eigenvalue weighted by Crippen LogP contribution is -2.42. The van der Waals surface area contributed by atoms with Crippen molar-refractivity contribution in [2.75, 3.05) is 19.0 Å². The third-order valence-electron chi connectivity index (χ3n) is 4.85. The lowest BCUT2D eigenvalue weighted by atomic mass is 10.1. The van der Waals surface area contributed by atoms with Gasteiger partial charge in [0.15, 0.2) is 16.7 Å². The normalized spacial score (nSPS) is 12.3. The number of amides is 2. The van der Waals surface area contributed by atoms with E-state index in [1.165, 1.54) is 11.8 Å². The molecule has 4 rings (SSSR count). The Morgan fingerprint density at radius 3 is 2.59 bits per heavy atom. The van der Waals surface area contributed by atoms with Crippen molar-refractivity contribution in [1.29, 1.82) is 0 Å². The first-order valence-corrected chi connectivity index (χ1v) is 11.0. The fraction of sp³-hybridized carbons (Fsp3) is 0.273. The molecule has 1 aromatic heterocycles. The summed E-state index contributed by atoms with van der Waals surface area (Å²) in [7, 11) is 0. The number of aryl methyl sites for hydroxylation is 3. The molecule has 10 heteroatoms. The molecule has 0 unspecified atom stereocenters. The number of benzene rings is 2. The van der Waals surface area contributed by atoms with Crippen molar-refractivity contribution in [1.82, 2.24) is 25.6 Å². The summed E-state index contributed by atoms with van der Waals surface area (Å²) in [5.74, 6) is 1.07. The number of hydrazine groups is 1. The molecule has 2 amide bonds. The predicted molar refractivity (Wildman–Crippen MR) is 119 cm³/mol. The molecule has 0 spiro atoms. The van der Waals surface area contributed by atoms with Crippen molar-refractivity contribution in [3.63, 3.8) is 0 Å². The Bertz CT molecular complexity index is 1180. The Hall–Kier alpha value is -3.53. The minimum atomic E-state index is -0.449. The largest absolute Gasteiger partial charge is 0.486 e. The molecule has 0 saturated heterocycles. The quantitative estimate of drug-likeness (QED) is 0.451. The van der Waals surface area contributed by atoms with Gasteiger partial charge in [-0.15, -0.1) is 10.2 Å². The van der Waals surface area contributed by atoms with E-state index in [0.29, 0.717) is 35.4 Å². The standard InChI is InChI=1S/C22H23N5O4S/c1-13-4-5-14(2)17(10-13)27-15(3)23-26-22(27)32-12-20(28)24-25-21(29)16-6-7-18-19(11-16)31-9-8-30-18/h4-7,10-11H,8-9,12H2,1-3H3,(H,24,28)(H,25,29). The highest BCUT2D eigenvalue weighted by atomic mass is 32.2. The fourth-order valence-electron chi connectivity index (χ4n) is 3.22. The van der Waals surface area contributed by atoms with Gasteiger partial charge in [0.2, 0.25) is 5.91 Å². The molecule has 2 N–H and O–H groups in total. The maximum Gasteiger partial charge on any atom is 0.269 e. The van der Waals surface area contributed by atoms with Gasteiger partial charge < -0.3 is 9.47 Å². The van der Waals surface area contributed by atoms with Gasteiger partial charge in [-0.1, -0.05) is 23.9 Å². The van der Waals surface area contributed by atoms with Gasteiger partial charge in [-0.2, -0.15) is 0 Å². The summed E-state index contributed by atoms with van der Waals surface area (Å²) in [5, 5.41) is 8.96. The molecule has 0 fully saturated rings. The first kappa shape index (κ1) is 21.7. The average Bonchev–Trinajstić information content (AvgIpc) is 3.17. The van der Waals surface area contributed by atoms with E-state index >= 15 is 0 Å². The number of fused-ring (bicyclic) bond motifs is 1. The van der Waals surface area contributed by atoms with E-state index in [1.807, 2.05) is 37.5 Å². The predicted octanol–water partition coefficient (Wildman–Crippen LogP) is 2.52. The van der Waals surface area contributed by atoms with E-state index in [1.54, 1.807) is 18.2 Å². The number of nitrogens with one attached hydrogen (secondary N) is 2. The molecule has 0 bridgehead atoms. The van der Waals surface area contributed by atoms with Crippen LogP contribution in [0.25, 0.3) is 5.69 Å². The van der Waals surface area contributed by atoms with Gasteiger partial charge in [0, 0.05) is 5.56 Å². The number of nitrogens with zero attached hydrogens (tertiary/aromatic N) is 3. The van der Waals surface area contributed by atoms with Gasteiger partial charge in [-0.3, -0.25) is 25.0 Å². The second-order valence-electron chi connectivity index (χ2n) is 7.30. The van der Waals surface area contributed by atoms with Crippen LogP contribution in [0.15, 0.2) is 41.6 Å². The molecule has 32 heavy (non-hydrogen) atoms. The van der Waals surface area contributed by atoms with E-state index in [0.717, 1.165) is 22.6 Å². The Morgan fingerprint density at radius 2 is 1.78 bits per heavy atom. The minimum Gasteiger partial charge on any atom is -0.486 e. The molecular formula is C22H23N5O4S. The molecule has 0 atom stereocenters. The maximum absolute atomic E-state index is 12.4. The maximum atomic E-state index is 12.4. The lowest BCUT2D eigenvalue weighted by molar-refractivity contribution is -0.119. The number of thioether (sulfide) groups is 1. The van der Waals surface area contributed by atoms with Crippen LogP contribution in [-0.4, -0.2) is 45.5 Å². The van der Waals surface area contributed by atoms with Crippen LogP contribution in [0.5, 0.6) is 11.5 Å². The minimum absolute atomic E-state index is 0.0599.